The Labute approximate surface area is 315 Å². The predicted molar refractivity (Wildman–Crippen MR) is 228 cm³/mol. The molecule has 0 spiro atoms. The summed E-state index contributed by atoms with van der Waals surface area (Å²) >= 11 is 0. The molecule has 52 heavy (non-hydrogen) atoms. The van der Waals surface area contributed by atoms with Crippen molar-refractivity contribution in [3.05, 3.63) is 159 Å². The highest BCUT2D eigenvalue weighted by Gasteiger charge is 2.07. The van der Waals surface area contributed by atoms with E-state index in [0.29, 0.717) is 0 Å². The average molecular weight is 697 g/mol. The molecule has 0 aliphatic rings. The third-order valence-corrected chi connectivity index (χ3v) is 10.0. The Bertz CT molecular complexity index is 1770. The molecule has 0 amide bonds. The maximum absolute atomic E-state index is 9.19. The van der Waals surface area contributed by atoms with Crippen LogP contribution in [0.25, 0.3) is 21.5 Å². The van der Waals surface area contributed by atoms with Crippen molar-refractivity contribution < 1.29 is 9.84 Å². The number of rotatable bonds is 10. The standard InChI is InChI=1S/2C14H16.C12H18O2.C10H14/c1-3-11-5-7-14-10-12(4-2)6-8-13(14)9-11;1-3-11-7-5-10-14-12(4-2)8-6-9-13(11)14;1-4-9-7-12(14-3)10(5-2)6-11(9)8-13;1-3-9-5-7-10(4-2)8-6-9/h2*5-10H,3-4H2,1-2H3;6-7,13H,4-5,8H2,1-3H3;5-8H,3-4H2,1-2H3. The topological polar surface area (TPSA) is 29.5 Å². The first-order valence-corrected chi connectivity index (χ1v) is 19.7. The number of benzene rings is 6. The van der Waals surface area contributed by atoms with Gasteiger partial charge in [0.2, 0.25) is 0 Å². The number of methoxy groups -OCH3 is 1. The van der Waals surface area contributed by atoms with Gasteiger partial charge in [0.25, 0.3) is 0 Å². The number of aryl methyl sites for hydroxylation is 8. The molecule has 0 heterocycles. The van der Waals surface area contributed by atoms with E-state index in [0.717, 1.165) is 68.2 Å². The molecule has 0 aliphatic carbocycles. The van der Waals surface area contributed by atoms with Crippen LogP contribution in [0.5, 0.6) is 5.75 Å². The summed E-state index contributed by atoms with van der Waals surface area (Å²) in [6.07, 6.45) is 8.61. The van der Waals surface area contributed by atoms with Crippen molar-refractivity contribution in [2.24, 2.45) is 0 Å². The van der Waals surface area contributed by atoms with Gasteiger partial charge in [-0.25, -0.2) is 0 Å². The minimum absolute atomic E-state index is 0.111. The quantitative estimate of drug-likeness (QED) is 0.154. The van der Waals surface area contributed by atoms with Crippen molar-refractivity contribution in [1.82, 2.24) is 0 Å². The van der Waals surface area contributed by atoms with Crippen molar-refractivity contribution in [2.45, 2.75) is 113 Å². The molecule has 0 radical (unpaired) electrons. The number of hydrogen-bond donors (Lipinski definition) is 1. The second kappa shape index (κ2) is 22.5. The molecule has 0 saturated carbocycles. The van der Waals surface area contributed by atoms with Crippen LogP contribution in [0.15, 0.2) is 109 Å². The SMILES string of the molecule is CCc1cc(OC)c(CC)cc1CO.CCc1ccc(CC)cc1.CCc1ccc2cc(CC)ccc2c1.CCc1cccc2c(CC)cccc12. The summed E-state index contributed by atoms with van der Waals surface area (Å²) in [7, 11) is 1.69. The molecule has 6 aromatic rings. The van der Waals surface area contributed by atoms with Gasteiger partial charge in [-0.2, -0.15) is 0 Å². The van der Waals surface area contributed by atoms with Crippen molar-refractivity contribution >= 4 is 21.5 Å². The molecule has 0 saturated heterocycles. The van der Waals surface area contributed by atoms with Crippen LogP contribution in [-0.2, 0) is 58.0 Å². The van der Waals surface area contributed by atoms with Crippen LogP contribution in [0.2, 0.25) is 0 Å². The summed E-state index contributed by atoms with van der Waals surface area (Å²) in [5, 5.41) is 14.8. The van der Waals surface area contributed by atoms with Crippen LogP contribution < -0.4 is 4.74 Å². The Morgan fingerprint density at radius 1 is 0.385 bits per heavy atom. The molecule has 0 aromatic heterocycles. The second-order valence-corrected chi connectivity index (χ2v) is 13.2. The second-order valence-electron chi connectivity index (χ2n) is 13.2. The predicted octanol–water partition coefficient (Wildman–Crippen LogP) is 13.1. The fourth-order valence-corrected chi connectivity index (χ4v) is 6.51. The van der Waals surface area contributed by atoms with Crippen LogP contribution in [-0.4, -0.2) is 12.2 Å². The van der Waals surface area contributed by atoms with E-state index < -0.39 is 0 Å². The Morgan fingerprint density at radius 3 is 1.13 bits per heavy atom. The molecular weight excluding hydrogens is 633 g/mol. The monoisotopic (exact) mass is 696 g/mol. The summed E-state index contributed by atoms with van der Waals surface area (Å²) in [4.78, 5) is 0. The zero-order chi connectivity index (χ0) is 37.9. The Balaban J connectivity index is 0.000000188. The van der Waals surface area contributed by atoms with Gasteiger partial charge in [0, 0.05) is 0 Å². The fraction of sp³-hybridized carbons (Fsp3) is 0.360. The minimum atomic E-state index is 0.111. The summed E-state index contributed by atoms with van der Waals surface area (Å²) in [5.74, 6) is 0.932. The first-order valence-electron chi connectivity index (χ1n) is 19.7. The molecule has 0 unspecified atom stereocenters. The number of aliphatic hydroxyl groups is 1. The molecule has 0 aliphatic heterocycles. The Kier molecular flexibility index (Phi) is 18.2. The van der Waals surface area contributed by atoms with E-state index in [9.17, 15) is 5.11 Å². The molecule has 0 atom stereocenters. The van der Waals surface area contributed by atoms with Gasteiger partial charge in [0.15, 0.2) is 0 Å². The zero-order valence-electron chi connectivity index (χ0n) is 33.6. The molecule has 2 nitrogen and oxygen atoms in total. The maximum atomic E-state index is 9.19. The average Bonchev–Trinajstić information content (AvgIpc) is 3.22. The summed E-state index contributed by atoms with van der Waals surface area (Å²) < 4.78 is 5.30. The van der Waals surface area contributed by atoms with Gasteiger partial charge in [-0.05, 0) is 135 Å². The van der Waals surface area contributed by atoms with Gasteiger partial charge in [-0.3, -0.25) is 0 Å². The Hall–Kier alpha value is -4.40. The lowest BCUT2D eigenvalue weighted by atomic mass is 9.98. The minimum Gasteiger partial charge on any atom is -0.496 e. The fourth-order valence-electron chi connectivity index (χ4n) is 6.51. The Morgan fingerprint density at radius 2 is 0.788 bits per heavy atom. The highest BCUT2D eigenvalue weighted by atomic mass is 16.5. The number of hydrogen-bond acceptors (Lipinski definition) is 2. The van der Waals surface area contributed by atoms with Crippen LogP contribution in [0, 0.1) is 0 Å². The van der Waals surface area contributed by atoms with Crippen LogP contribution in [0.3, 0.4) is 0 Å². The summed E-state index contributed by atoms with van der Waals surface area (Å²) in [5.41, 5.74) is 12.0. The smallest absolute Gasteiger partial charge is 0.122 e. The van der Waals surface area contributed by atoms with E-state index in [2.05, 4.69) is 152 Å². The third kappa shape index (κ3) is 11.8. The lowest BCUT2D eigenvalue weighted by Gasteiger charge is -2.12. The van der Waals surface area contributed by atoms with E-state index in [4.69, 9.17) is 4.74 Å². The third-order valence-electron chi connectivity index (χ3n) is 10.0. The van der Waals surface area contributed by atoms with Gasteiger partial charge in [0.05, 0.1) is 13.7 Å². The first-order chi connectivity index (χ1) is 25.3. The molecule has 276 valence electrons. The van der Waals surface area contributed by atoms with Gasteiger partial charge < -0.3 is 9.84 Å². The number of ether oxygens (including phenoxy) is 1. The van der Waals surface area contributed by atoms with E-state index >= 15 is 0 Å². The van der Waals surface area contributed by atoms with Crippen LogP contribution in [0.4, 0.5) is 0 Å². The molecule has 0 bridgehead atoms. The van der Waals surface area contributed by atoms with Gasteiger partial charge in [-0.1, -0.05) is 152 Å². The van der Waals surface area contributed by atoms with E-state index in [1.165, 1.54) is 60.5 Å². The molecule has 2 heteroatoms. The highest BCUT2D eigenvalue weighted by Crippen LogP contribution is 2.25. The molecule has 6 rings (SSSR count). The normalized spacial score (nSPS) is 10.4. The van der Waals surface area contributed by atoms with Gasteiger partial charge in [0.1, 0.15) is 5.75 Å². The van der Waals surface area contributed by atoms with Crippen molar-refractivity contribution in [1.29, 1.82) is 0 Å². The molecule has 6 aromatic carbocycles. The van der Waals surface area contributed by atoms with E-state index in [1.807, 2.05) is 12.1 Å². The first kappa shape index (κ1) is 42.0. The summed E-state index contributed by atoms with van der Waals surface area (Å²) in [6, 6.07) is 39.6. The van der Waals surface area contributed by atoms with Crippen LogP contribution >= 0.6 is 0 Å². The molecule has 0 fully saturated rings. The van der Waals surface area contributed by atoms with Gasteiger partial charge in [-0.15, -0.1) is 0 Å². The van der Waals surface area contributed by atoms with Crippen LogP contribution in [0.1, 0.15) is 105 Å². The van der Waals surface area contributed by atoms with Crippen molar-refractivity contribution in [3.8, 4) is 5.75 Å². The zero-order valence-corrected chi connectivity index (χ0v) is 33.6. The molecular formula is C50H64O2. The molecule has 1 N–H and O–H groups in total. The largest absolute Gasteiger partial charge is 0.496 e. The maximum Gasteiger partial charge on any atom is 0.122 e. The number of aliphatic hydroxyl groups excluding tert-OH is 1. The van der Waals surface area contributed by atoms with E-state index in [-0.39, 0.29) is 6.61 Å². The lowest BCUT2D eigenvalue weighted by Crippen LogP contribution is -1.98. The van der Waals surface area contributed by atoms with E-state index in [1.54, 1.807) is 7.11 Å². The number of fused-ring (bicyclic) bond motifs is 2. The van der Waals surface area contributed by atoms with Crippen molar-refractivity contribution in [3.63, 3.8) is 0 Å². The lowest BCUT2D eigenvalue weighted by molar-refractivity contribution is 0.280. The summed E-state index contributed by atoms with van der Waals surface area (Å²) in [6.45, 7) is 17.5. The van der Waals surface area contributed by atoms with Crippen molar-refractivity contribution in [2.75, 3.05) is 7.11 Å². The van der Waals surface area contributed by atoms with Gasteiger partial charge >= 0.3 is 0 Å². The highest BCUT2D eigenvalue weighted by molar-refractivity contribution is 5.88.